The number of ether oxygens (including phenoxy) is 1. The monoisotopic (exact) mass is 521 g/mol. The molecule has 0 radical (unpaired) electrons. The van der Waals surface area contributed by atoms with Crippen LogP contribution in [0.1, 0.15) is 5.56 Å². The number of sulfone groups is 1. The standard InChI is InChI=1S/C22H17Cl2N3O4S2/c1-33(29,30)16-5-6-18-20(10-16)32-22(26-18)27(12-14-3-2-8-25-11-14)21(28)13-31-19-7-4-15(23)9-17(19)24/h2-11H,12-13H2,1H3. The first-order valence-electron chi connectivity index (χ1n) is 9.58. The Labute approximate surface area is 204 Å². The van der Waals surface area contributed by atoms with Gasteiger partial charge < -0.3 is 4.74 Å². The van der Waals surface area contributed by atoms with Crippen LogP contribution >= 0.6 is 34.5 Å². The second kappa shape index (κ2) is 9.64. The fourth-order valence-electron chi connectivity index (χ4n) is 2.99. The minimum atomic E-state index is -3.37. The maximum absolute atomic E-state index is 13.2. The lowest BCUT2D eigenvalue weighted by Gasteiger charge is -2.20. The highest BCUT2D eigenvalue weighted by molar-refractivity contribution is 7.90. The number of rotatable bonds is 7. The van der Waals surface area contributed by atoms with Crippen LogP contribution in [0.3, 0.4) is 0 Å². The zero-order valence-corrected chi connectivity index (χ0v) is 20.4. The molecule has 1 amide bonds. The van der Waals surface area contributed by atoms with Crippen LogP contribution in [0.4, 0.5) is 5.13 Å². The molecule has 0 N–H and O–H groups in total. The van der Waals surface area contributed by atoms with Gasteiger partial charge in [-0.15, -0.1) is 0 Å². The van der Waals surface area contributed by atoms with Gasteiger partial charge in [0.15, 0.2) is 21.6 Å². The first kappa shape index (κ1) is 23.4. The third kappa shape index (κ3) is 5.62. The number of hydrogen-bond acceptors (Lipinski definition) is 7. The van der Waals surface area contributed by atoms with Gasteiger partial charge in [0, 0.05) is 23.7 Å². The van der Waals surface area contributed by atoms with Crippen LogP contribution in [0.5, 0.6) is 5.75 Å². The average Bonchev–Trinajstić information content (AvgIpc) is 3.20. The van der Waals surface area contributed by atoms with Crippen molar-refractivity contribution >= 4 is 65.6 Å². The van der Waals surface area contributed by atoms with E-state index in [4.69, 9.17) is 27.9 Å². The second-order valence-electron chi connectivity index (χ2n) is 7.10. The Morgan fingerprint density at radius 3 is 2.67 bits per heavy atom. The smallest absolute Gasteiger partial charge is 0.267 e. The Morgan fingerprint density at radius 2 is 1.97 bits per heavy atom. The number of anilines is 1. The summed E-state index contributed by atoms with van der Waals surface area (Å²) in [6.07, 6.45) is 4.45. The summed E-state index contributed by atoms with van der Waals surface area (Å²) in [4.78, 5) is 23.5. The van der Waals surface area contributed by atoms with E-state index in [1.165, 1.54) is 28.4 Å². The van der Waals surface area contributed by atoms with Crippen LogP contribution in [0, 0.1) is 0 Å². The fraction of sp³-hybridized carbons (Fsp3) is 0.136. The number of benzene rings is 2. The lowest BCUT2D eigenvalue weighted by molar-refractivity contribution is -0.120. The largest absolute Gasteiger partial charge is 0.482 e. The minimum Gasteiger partial charge on any atom is -0.482 e. The van der Waals surface area contributed by atoms with E-state index in [9.17, 15) is 13.2 Å². The summed E-state index contributed by atoms with van der Waals surface area (Å²) in [5, 5.41) is 1.16. The van der Waals surface area contributed by atoms with Crippen LogP contribution in [-0.4, -0.2) is 37.2 Å². The summed E-state index contributed by atoms with van der Waals surface area (Å²) >= 11 is 13.3. The first-order valence-corrected chi connectivity index (χ1v) is 13.0. The molecule has 0 unspecified atom stereocenters. The lowest BCUT2D eigenvalue weighted by Crippen LogP contribution is -2.34. The molecule has 0 bridgehead atoms. The van der Waals surface area contributed by atoms with Gasteiger partial charge in [-0.25, -0.2) is 13.4 Å². The van der Waals surface area contributed by atoms with E-state index >= 15 is 0 Å². The summed E-state index contributed by atoms with van der Waals surface area (Å²) in [6.45, 7) is -0.0741. The Kier molecular flexibility index (Phi) is 6.85. The number of carbonyl (C=O) groups is 1. The van der Waals surface area contributed by atoms with Gasteiger partial charge >= 0.3 is 0 Å². The molecule has 0 saturated heterocycles. The molecule has 170 valence electrons. The van der Waals surface area contributed by atoms with E-state index < -0.39 is 9.84 Å². The summed E-state index contributed by atoms with van der Waals surface area (Å²) in [7, 11) is -3.37. The summed E-state index contributed by atoms with van der Waals surface area (Å²) < 4.78 is 30.1. The van der Waals surface area contributed by atoms with E-state index in [1.54, 1.807) is 42.7 Å². The highest BCUT2D eigenvalue weighted by Gasteiger charge is 2.22. The molecule has 11 heteroatoms. The molecule has 2 aromatic carbocycles. The SMILES string of the molecule is CS(=O)(=O)c1ccc2nc(N(Cc3cccnc3)C(=O)COc3ccc(Cl)cc3Cl)sc2c1. The quantitative estimate of drug-likeness (QED) is 0.339. The zero-order chi connectivity index (χ0) is 23.6. The molecule has 33 heavy (non-hydrogen) atoms. The first-order chi connectivity index (χ1) is 15.7. The van der Waals surface area contributed by atoms with E-state index in [1.807, 2.05) is 6.07 Å². The summed E-state index contributed by atoms with van der Waals surface area (Å²) in [5.41, 5.74) is 1.39. The van der Waals surface area contributed by atoms with Crippen LogP contribution < -0.4 is 9.64 Å². The Hall–Kier alpha value is -2.72. The maximum atomic E-state index is 13.2. The number of fused-ring (bicyclic) bond motifs is 1. The number of thiazole rings is 1. The molecular formula is C22H17Cl2N3O4S2. The third-order valence-corrected chi connectivity index (χ3v) is 7.30. The summed E-state index contributed by atoms with van der Waals surface area (Å²) in [5.74, 6) is -0.0231. The molecule has 2 heterocycles. The number of nitrogens with zero attached hydrogens (tertiary/aromatic N) is 3. The number of aromatic nitrogens is 2. The van der Waals surface area contributed by atoms with Crippen LogP contribution in [0.2, 0.25) is 10.0 Å². The van der Waals surface area contributed by atoms with Gasteiger partial charge in [-0.1, -0.05) is 40.6 Å². The number of hydrogen-bond donors (Lipinski definition) is 0. The molecule has 7 nitrogen and oxygen atoms in total. The van der Waals surface area contributed by atoms with Crippen molar-refractivity contribution in [2.45, 2.75) is 11.4 Å². The van der Waals surface area contributed by atoms with Crippen molar-refractivity contribution in [3.05, 3.63) is 76.5 Å². The molecule has 2 aromatic heterocycles. The Bertz CT molecular complexity index is 1430. The molecule has 0 aliphatic carbocycles. The molecule has 0 atom stereocenters. The number of amides is 1. The van der Waals surface area contributed by atoms with E-state index in [0.29, 0.717) is 31.1 Å². The Morgan fingerprint density at radius 1 is 1.15 bits per heavy atom. The van der Waals surface area contributed by atoms with Gasteiger partial charge in [0.1, 0.15) is 5.75 Å². The third-order valence-electron chi connectivity index (χ3n) is 4.62. The molecule has 0 spiro atoms. The molecule has 0 saturated carbocycles. The number of carbonyl (C=O) groups excluding carboxylic acids is 1. The van der Waals surface area contributed by atoms with Crippen molar-refractivity contribution in [2.75, 3.05) is 17.8 Å². The molecule has 0 aliphatic rings. The maximum Gasteiger partial charge on any atom is 0.267 e. The van der Waals surface area contributed by atoms with Crippen molar-refractivity contribution in [1.29, 1.82) is 0 Å². The molecule has 0 aliphatic heterocycles. The molecule has 0 fully saturated rings. The van der Waals surface area contributed by atoms with E-state index in [2.05, 4.69) is 9.97 Å². The number of halogens is 2. The van der Waals surface area contributed by atoms with Gasteiger partial charge in [0.05, 0.1) is 26.7 Å². The predicted octanol–water partition coefficient (Wildman–Crippen LogP) is 5.01. The van der Waals surface area contributed by atoms with Crippen molar-refractivity contribution in [2.24, 2.45) is 0 Å². The van der Waals surface area contributed by atoms with Crippen molar-refractivity contribution in [1.82, 2.24) is 9.97 Å². The lowest BCUT2D eigenvalue weighted by atomic mass is 10.2. The average molecular weight is 522 g/mol. The highest BCUT2D eigenvalue weighted by atomic mass is 35.5. The molecular weight excluding hydrogens is 505 g/mol. The van der Waals surface area contributed by atoms with E-state index in [-0.39, 0.29) is 24.0 Å². The topological polar surface area (TPSA) is 89.5 Å². The Balaban J connectivity index is 1.65. The fourth-order valence-corrected chi connectivity index (χ4v) is 5.19. The second-order valence-corrected chi connectivity index (χ2v) is 11.0. The zero-order valence-electron chi connectivity index (χ0n) is 17.2. The van der Waals surface area contributed by atoms with Crippen LogP contribution in [-0.2, 0) is 21.2 Å². The molecule has 4 rings (SSSR count). The predicted molar refractivity (Wildman–Crippen MR) is 130 cm³/mol. The number of pyridine rings is 1. The van der Waals surface area contributed by atoms with E-state index in [0.717, 1.165) is 11.8 Å². The van der Waals surface area contributed by atoms with Gasteiger partial charge in [-0.05, 0) is 48.0 Å². The highest BCUT2D eigenvalue weighted by Crippen LogP contribution is 2.32. The van der Waals surface area contributed by atoms with Crippen molar-refractivity contribution in [3.63, 3.8) is 0 Å². The van der Waals surface area contributed by atoms with Crippen LogP contribution in [0.25, 0.3) is 10.2 Å². The van der Waals surface area contributed by atoms with Crippen molar-refractivity contribution in [3.8, 4) is 5.75 Å². The van der Waals surface area contributed by atoms with Gasteiger partial charge in [-0.3, -0.25) is 14.7 Å². The minimum absolute atomic E-state index is 0.191. The van der Waals surface area contributed by atoms with Gasteiger partial charge in [0.2, 0.25) is 0 Å². The normalized spacial score (nSPS) is 11.5. The van der Waals surface area contributed by atoms with Gasteiger partial charge in [-0.2, -0.15) is 0 Å². The van der Waals surface area contributed by atoms with Gasteiger partial charge in [0.25, 0.3) is 5.91 Å². The molecule has 4 aromatic rings. The van der Waals surface area contributed by atoms with Crippen molar-refractivity contribution < 1.29 is 17.9 Å². The van der Waals surface area contributed by atoms with Crippen LogP contribution in [0.15, 0.2) is 65.8 Å². The summed E-state index contributed by atoms with van der Waals surface area (Å²) in [6, 6.07) is 13.0.